The Hall–Kier alpha value is -1.51. The SMILES string of the molecule is CC(C)c1ccc2c(c1)nc(O)n2C. The van der Waals surface area contributed by atoms with Crippen LogP contribution in [0.15, 0.2) is 18.2 Å². The molecule has 0 aliphatic heterocycles. The predicted molar refractivity (Wildman–Crippen MR) is 56.5 cm³/mol. The molecule has 0 saturated heterocycles. The molecule has 0 radical (unpaired) electrons. The van der Waals surface area contributed by atoms with Crippen molar-refractivity contribution in [1.82, 2.24) is 9.55 Å². The number of aryl methyl sites for hydroxylation is 1. The number of imidazole rings is 1. The number of nitrogens with zero attached hydrogens (tertiary/aromatic N) is 2. The molecule has 1 aromatic carbocycles. The molecule has 0 unspecified atom stereocenters. The third-order valence-electron chi connectivity index (χ3n) is 2.55. The van der Waals surface area contributed by atoms with Crippen molar-refractivity contribution in [3.63, 3.8) is 0 Å². The lowest BCUT2D eigenvalue weighted by molar-refractivity contribution is 0.415. The molecule has 0 atom stereocenters. The fraction of sp³-hybridized carbons (Fsp3) is 0.364. The van der Waals surface area contributed by atoms with Gasteiger partial charge in [-0.1, -0.05) is 19.9 Å². The third kappa shape index (κ3) is 1.25. The maximum Gasteiger partial charge on any atom is 0.294 e. The van der Waals surface area contributed by atoms with Crippen molar-refractivity contribution in [2.75, 3.05) is 0 Å². The van der Waals surface area contributed by atoms with Gasteiger partial charge in [0.2, 0.25) is 0 Å². The van der Waals surface area contributed by atoms with Crippen molar-refractivity contribution < 1.29 is 5.11 Å². The molecular weight excluding hydrogens is 176 g/mol. The van der Waals surface area contributed by atoms with Crippen LogP contribution < -0.4 is 0 Å². The van der Waals surface area contributed by atoms with Gasteiger partial charge in [-0.15, -0.1) is 0 Å². The van der Waals surface area contributed by atoms with Crippen LogP contribution in [0.5, 0.6) is 6.01 Å². The summed E-state index contributed by atoms with van der Waals surface area (Å²) in [5.74, 6) is 0.489. The summed E-state index contributed by atoms with van der Waals surface area (Å²) in [4.78, 5) is 4.07. The van der Waals surface area contributed by atoms with Gasteiger partial charge in [0, 0.05) is 7.05 Å². The minimum absolute atomic E-state index is 0.0703. The molecule has 0 fully saturated rings. The Morgan fingerprint density at radius 2 is 2.07 bits per heavy atom. The van der Waals surface area contributed by atoms with Crippen molar-refractivity contribution in [2.45, 2.75) is 19.8 Å². The normalized spacial score (nSPS) is 11.4. The molecule has 0 spiro atoms. The van der Waals surface area contributed by atoms with E-state index in [2.05, 4.69) is 24.9 Å². The zero-order valence-electron chi connectivity index (χ0n) is 8.65. The second-order valence-electron chi connectivity index (χ2n) is 3.87. The summed E-state index contributed by atoms with van der Waals surface area (Å²) in [5.41, 5.74) is 3.07. The van der Waals surface area contributed by atoms with E-state index in [0.717, 1.165) is 11.0 Å². The van der Waals surface area contributed by atoms with E-state index in [4.69, 9.17) is 0 Å². The minimum atomic E-state index is 0.0703. The lowest BCUT2D eigenvalue weighted by Crippen LogP contribution is -1.88. The quantitative estimate of drug-likeness (QED) is 0.749. The maximum atomic E-state index is 9.42. The second-order valence-corrected chi connectivity index (χ2v) is 3.87. The molecule has 1 heterocycles. The maximum absolute atomic E-state index is 9.42. The summed E-state index contributed by atoms with van der Waals surface area (Å²) in [6, 6.07) is 6.17. The highest BCUT2D eigenvalue weighted by Gasteiger charge is 2.07. The lowest BCUT2D eigenvalue weighted by atomic mass is 10.0. The Balaban J connectivity index is 2.67. The van der Waals surface area contributed by atoms with Crippen LogP contribution in [0.3, 0.4) is 0 Å². The number of rotatable bonds is 1. The highest BCUT2D eigenvalue weighted by molar-refractivity contribution is 5.77. The highest BCUT2D eigenvalue weighted by Crippen LogP contribution is 2.23. The van der Waals surface area contributed by atoms with Gasteiger partial charge in [0.15, 0.2) is 0 Å². The van der Waals surface area contributed by atoms with E-state index in [1.54, 1.807) is 11.6 Å². The van der Waals surface area contributed by atoms with Gasteiger partial charge in [-0.05, 0) is 23.6 Å². The van der Waals surface area contributed by atoms with Crippen LogP contribution in [0.25, 0.3) is 11.0 Å². The minimum Gasteiger partial charge on any atom is -0.480 e. The highest BCUT2D eigenvalue weighted by atomic mass is 16.3. The topological polar surface area (TPSA) is 38.1 Å². The van der Waals surface area contributed by atoms with Crippen LogP contribution in [-0.4, -0.2) is 14.7 Å². The Labute approximate surface area is 83.0 Å². The Kier molecular flexibility index (Phi) is 1.95. The molecule has 0 bridgehead atoms. The zero-order chi connectivity index (χ0) is 10.3. The summed E-state index contributed by atoms with van der Waals surface area (Å²) < 4.78 is 1.68. The average molecular weight is 190 g/mol. The van der Waals surface area contributed by atoms with Crippen molar-refractivity contribution in [3.05, 3.63) is 23.8 Å². The summed E-state index contributed by atoms with van der Waals surface area (Å²) >= 11 is 0. The first-order chi connectivity index (χ1) is 6.59. The molecule has 1 aromatic heterocycles. The number of benzene rings is 1. The van der Waals surface area contributed by atoms with E-state index in [0.29, 0.717) is 5.92 Å². The first-order valence-corrected chi connectivity index (χ1v) is 4.75. The molecule has 2 rings (SSSR count). The second kappa shape index (κ2) is 3.01. The Bertz CT molecular complexity index is 471. The smallest absolute Gasteiger partial charge is 0.294 e. The fourth-order valence-electron chi connectivity index (χ4n) is 1.56. The van der Waals surface area contributed by atoms with E-state index in [1.165, 1.54) is 5.56 Å². The molecule has 2 aromatic rings. The van der Waals surface area contributed by atoms with E-state index < -0.39 is 0 Å². The third-order valence-corrected chi connectivity index (χ3v) is 2.55. The van der Waals surface area contributed by atoms with Crippen LogP contribution in [0.2, 0.25) is 0 Å². The van der Waals surface area contributed by atoms with Gasteiger partial charge < -0.3 is 5.11 Å². The van der Waals surface area contributed by atoms with Crippen molar-refractivity contribution in [1.29, 1.82) is 0 Å². The fourth-order valence-corrected chi connectivity index (χ4v) is 1.56. The van der Waals surface area contributed by atoms with Crippen LogP contribution in [0.1, 0.15) is 25.3 Å². The predicted octanol–water partition coefficient (Wildman–Crippen LogP) is 2.40. The number of aromatic hydroxyl groups is 1. The molecule has 0 aliphatic carbocycles. The first kappa shape index (κ1) is 9.06. The molecule has 0 amide bonds. The summed E-state index contributed by atoms with van der Waals surface area (Å²) in [5, 5.41) is 9.42. The van der Waals surface area contributed by atoms with E-state index in [9.17, 15) is 5.11 Å². The van der Waals surface area contributed by atoms with Crippen LogP contribution in [-0.2, 0) is 7.05 Å². The lowest BCUT2D eigenvalue weighted by Gasteiger charge is -2.04. The first-order valence-electron chi connectivity index (χ1n) is 4.75. The molecule has 1 N–H and O–H groups in total. The number of hydrogen-bond acceptors (Lipinski definition) is 2. The Morgan fingerprint density at radius 3 is 2.71 bits per heavy atom. The van der Waals surface area contributed by atoms with Crippen LogP contribution in [0, 0.1) is 0 Å². The van der Waals surface area contributed by atoms with Gasteiger partial charge in [0.1, 0.15) is 0 Å². The summed E-state index contributed by atoms with van der Waals surface area (Å²) in [6.07, 6.45) is 0. The van der Waals surface area contributed by atoms with Gasteiger partial charge >= 0.3 is 0 Å². The summed E-state index contributed by atoms with van der Waals surface area (Å²) in [6.45, 7) is 4.29. The molecule has 0 saturated carbocycles. The van der Waals surface area contributed by atoms with Crippen molar-refractivity contribution in [3.8, 4) is 6.01 Å². The number of aromatic nitrogens is 2. The Morgan fingerprint density at radius 1 is 1.36 bits per heavy atom. The largest absolute Gasteiger partial charge is 0.480 e. The monoisotopic (exact) mass is 190 g/mol. The zero-order valence-corrected chi connectivity index (χ0v) is 8.65. The summed E-state index contributed by atoms with van der Waals surface area (Å²) in [7, 11) is 1.81. The van der Waals surface area contributed by atoms with Gasteiger partial charge in [-0.2, -0.15) is 4.98 Å². The standard InChI is InChI=1S/C11H14N2O/c1-7(2)8-4-5-10-9(6-8)12-11(14)13(10)3/h4-7H,1-3H3,(H,12,14). The van der Waals surface area contributed by atoms with Crippen LogP contribution in [0.4, 0.5) is 0 Å². The van der Waals surface area contributed by atoms with Crippen molar-refractivity contribution in [2.24, 2.45) is 7.05 Å². The number of fused-ring (bicyclic) bond motifs is 1. The van der Waals surface area contributed by atoms with Gasteiger partial charge in [0.25, 0.3) is 6.01 Å². The molecule has 0 aliphatic rings. The molecule has 3 nitrogen and oxygen atoms in total. The van der Waals surface area contributed by atoms with Gasteiger partial charge in [-0.3, -0.25) is 4.57 Å². The van der Waals surface area contributed by atoms with E-state index in [-0.39, 0.29) is 6.01 Å². The number of hydrogen-bond donors (Lipinski definition) is 1. The van der Waals surface area contributed by atoms with E-state index in [1.807, 2.05) is 12.1 Å². The van der Waals surface area contributed by atoms with Crippen LogP contribution >= 0.6 is 0 Å². The van der Waals surface area contributed by atoms with Gasteiger partial charge in [-0.25, -0.2) is 0 Å². The molecule has 3 heteroatoms. The van der Waals surface area contributed by atoms with Crippen molar-refractivity contribution >= 4 is 11.0 Å². The molecule has 74 valence electrons. The molecular formula is C11H14N2O. The molecule has 14 heavy (non-hydrogen) atoms. The van der Waals surface area contributed by atoms with Gasteiger partial charge in [0.05, 0.1) is 11.0 Å². The average Bonchev–Trinajstić information content (AvgIpc) is 2.42. The van der Waals surface area contributed by atoms with E-state index >= 15 is 0 Å².